The van der Waals surface area contributed by atoms with Crippen LogP contribution in [0.25, 0.3) is 0 Å². The van der Waals surface area contributed by atoms with Gasteiger partial charge in [-0.25, -0.2) is 4.79 Å². The molecule has 0 radical (unpaired) electrons. The van der Waals surface area contributed by atoms with Gasteiger partial charge in [0.15, 0.2) is 0 Å². The number of hydrogen-bond donors (Lipinski definition) is 2. The van der Waals surface area contributed by atoms with Crippen molar-refractivity contribution in [1.82, 2.24) is 15.2 Å². The maximum Gasteiger partial charge on any atom is 0.323 e. The van der Waals surface area contributed by atoms with Gasteiger partial charge in [-0.15, -0.1) is 0 Å². The SMILES string of the molecule is CCCN(CC(=O)O)C(=O)NC(C)c1cccnc1. The molecule has 1 aromatic heterocycles. The average molecular weight is 265 g/mol. The van der Waals surface area contributed by atoms with Crippen LogP contribution < -0.4 is 5.32 Å². The molecule has 0 aliphatic rings. The fourth-order valence-electron chi connectivity index (χ4n) is 1.68. The molecule has 1 rings (SSSR count). The van der Waals surface area contributed by atoms with Gasteiger partial charge in [-0.2, -0.15) is 0 Å². The zero-order chi connectivity index (χ0) is 14.3. The summed E-state index contributed by atoms with van der Waals surface area (Å²) in [5, 5.41) is 11.5. The molecule has 0 aliphatic heterocycles. The largest absolute Gasteiger partial charge is 0.480 e. The first-order chi connectivity index (χ1) is 9.04. The summed E-state index contributed by atoms with van der Waals surface area (Å²) in [4.78, 5) is 28.0. The minimum atomic E-state index is -1.02. The quantitative estimate of drug-likeness (QED) is 0.819. The average Bonchev–Trinajstić information content (AvgIpc) is 2.38. The van der Waals surface area contributed by atoms with Crippen molar-refractivity contribution < 1.29 is 14.7 Å². The Bertz CT molecular complexity index is 422. The molecule has 0 fully saturated rings. The third-order valence-corrected chi connectivity index (χ3v) is 2.63. The summed E-state index contributed by atoms with van der Waals surface area (Å²) >= 11 is 0. The lowest BCUT2D eigenvalue weighted by Gasteiger charge is -2.23. The Morgan fingerprint density at radius 3 is 2.79 bits per heavy atom. The number of rotatable bonds is 6. The van der Waals surface area contributed by atoms with Crippen LogP contribution in [0, 0.1) is 0 Å². The highest BCUT2D eigenvalue weighted by Gasteiger charge is 2.18. The van der Waals surface area contributed by atoms with E-state index in [4.69, 9.17) is 5.11 Å². The number of amides is 2. The van der Waals surface area contributed by atoms with E-state index < -0.39 is 5.97 Å². The second kappa shape index (κ2) is 7.35. The lowest BCUT2D eigenvalue weighted by atomic mass is 10.1. The maximum absolute atomic E-state index is 12.0. The summed E-state index contributed by atoms with van der Waals surface area (Å²) in [6.45, 7) is 3.85. The van der Waals surface area contributed by atoms with Crippen LogP contribution in [0.1, 0.15) is 31.9 Å². The van der Waals surface area contributed by atoms with Gasteiger partial charge in [0, 0.05) is 18.9 Å². The van der Waals surface area contributed by atoms with Crippen molar-refractivity contribution >= 4 is 12.0 Å². The number of hydrogen-bond acceptors (Lipinski definition) is 3. The first kappa shape index (κ1) is 14.9. The summed E-state index contributed by atoms with van der Waals surface area (Å²) in [6, 6.07) is 3.06. The van der Waals surface area contributed by atoms with Crippen LogP contribution >= 0.6 is 0 Å². The number of urea groups is 1. The monoisotopic (exact) mass is 265 g/mol. The van der Waals surface area contributed by atoms with E-state index in [1.807, 2.05) is 19.9 Å². The molecular weight excluding hydrogens is 246 g/mol. The standard InChI is InChI=1S/C13H19N3O3/c1-3-7-16(9-12(17)18)13(19)15-10(2)11-5-4-6-14-8-11/h4-6,8,10H,3,7,9H2,1-2H3,(H,15,19)(H,17,18). The van der Waals surface area contributed by atoms with Crippen LogP contribution in [0.4, 0.5) is 4.79 Å². The van der Waals surface area contributed by atoms with Crippen molar-refractivity contribution in [3.63, 3.8) is 0 Å². The molecule has 0 saturated heterocycles. The second-order valence-electron chi connectivity index (χ2n) is 4.27. The highest BCUT2D eigenvalue weighted by molar-refractivity contribution is 5.80. The lowest BCUT2D eigenvalue weighted by molar-refractivity contribution is -0.137. The Hall–Kier alpha value is -2.11. The summed E-state index contributed by atoms with van der Waals surface area (Å²) in [5.41, 5.74) is 0.877. The number of pyridine rings is 1. The lowest BCUT2D eigenvalue weighted by Crippen LogP contribution is -2.44. The van der Waals surface area contributed by atoms with Crippen molar-refractivity contribution in [2.45, 2.75) is 26.3 Å². The van der Waals surface area contributed by atoms with Gasteiger partial charge < -0.3 is 15.3 Å². The fraction of sp³-hybridized carbons (Fsp3) is 0.462. The van der Waals surface area contributed by atoms with Crippen molar-refractivity contribution in [3.8, 4) is 0 Å². The van der Waals surface area contributed by atoms with E-state index in [2.05, 4.69) is 10.3 Å². The molecule has 104 valence electrons. The van der Waals surface area contributed by atoms with E-state index in [1.165, 1.54) is 4.90 Å². The molecule has 0 bridgehead atoms. The maximum atomic E-state index is 12.0. The van der Waals surface area contributed by atoms with Crippen LogP contribution in [0.3, 0.4) is 0 Å². The summed E-state index contributed by atoms with van der Waals surface area (Å²) in [5.74, 6) is -1.02. The first-order valence-corrected chi connectivity index (χ1v) is 6.21. The Morgan fingerprint density at radius 1 is 1.53 bits per heavy atom. The third-order valence-electron chi connectivity index (χ3n) is 2.63. The number of carboxylic acids is 1. The molecule has 2 amide bonds. The molecule has 6 heteroatoms. The minimum Gasteiger partial charge on any atom is -0.480 e. The van der Waals surface area contributed by atoms with E-state index >= 15 is 0 Å². The Labute approximate surface area is 112 Å². The number of aliphatic carboxylic acids is 1. The van der Waals surface area contributed by atoms with Gasteiger partial charge in [0.1, 0.15) is 6.54 Å². The summed E-state index contributed by atoms with van der Waals surface area (Å²) in [6.07, 6.45) is 4.04. The predicted molar refractivity (Wildman–Crippen MR) is 70.7 cm³/mol. The van der Waals surface area contributed by atoms with Crippen molar-refractivity contribution in [1.29, 1.82) is 0 Å². The normalized spacial score (nSPS) is 11.7. The summed E-state index contributed by atoms with van der Waals surface area (Å²) in [7, 11) is 0. The van der Waals surface area contributed by atoms with Gasteiger partial charge in [0.25, 0.3) is 0 Å². The van der Waals surface area contributed by atoms with Gasteiger partial charge in [-0.1, -0.05) is 13.0 Å². The van der Waals surface area contributed by atoms with Gasteiger partial charge >= 0.3 is 12.0 Å². The number of nitrogens with one attached hydrogen (secondary N) is 1. The molecule has 0 aliphatic carbocycles. The molecule has 0 saturated carbocycles. The molecule has 0 spiro atoms. The number of carboxylic acid groups (broad SMARTS) is 1. The highest BCUT2D eigenvalue weighted by Crippen LogP contribution is 2.10. The molecule has 2 N–H and O–H groups in total. The highest BCUT2D eigenvalue weighted by atomic mass is 16.4. The molecule has 6 nitrogen and oxygen atoms in total. The molecule has 1 aromatic rings. The zero-order valence-electron chi connectivity index (χ0n) is 11.2. The van der Waals surface area contributed by atoms with Crippen LogP contribution in [-0.2, 0) is 4.79 Å². The molecule has 19 heavy (non-hydrogen) atoms. The minimum absolute atomic E-state index is 0.214. The Morgan fingerprint density at radius 2 is 2.26 bits per heavy atom. The second-order valence-corrected chi connectivity index (χ2v) is 4.27. The van der Waals surface area contributed by atoms with E-state index in [1.54, 1.807) is 18.5 Å². The molecule has 1 heterocycles. The van der Waals surface area contributed by atoms with E-state index in [0.717, 1.165) is 5.56 Å². The number of carbonyl (C=O) groups excluding carboxylic acids is 1. The van der Waals surface area contributed by atoms with E-state index in [-0.39, 0.29) is 18.6 Å². The first-order valence-electron chi connectivity index (χ1n) is 6.21. The van der Waals surface area contributed by atoms with Crippen LogP contribution in [-0.4, -0.2) is 40.1 Å². The van der Waals surface area contributed by atoms with Crippen LogP contribution in [0.5, 0.6) is 0 Å². The number of nitrogens with zero attached hydrogens (tertiary/aromatic N) is 2. The van der Waals surface area contributed by atoms with Gasteiger partial charge in [0.2, 0.25) is 0 Å². The summed E-state index contributed by atoms with van der Waals surface area (Å²) < 4.78 is 0. The van der Waals surface area contributed by atoms with Crippen LogP contribution in [0.15, 0.2) is 24.5 Å². The van der Waals surface area contributed by atoms with Crippen LogP contribution in [0.2, 0.25) is 0 Å². The molecular formula is C13H19N3O3. The third kappa shape index (κ3) is 4.95. The molecule has 0 aromatic carbocycles. The topological polar surface area (TPSA) is 82.5 Å². The van der Waals surface area contributed by atoms with Gasteiger partial charge in [-0.3, -0.25) is 9.78 Å². The molecule has 1 unspecified atom stereocenters. The zero-order valence-corrected chi connectivity index (χ0v) is 11.2. The van der Waals surface area contributed by atoms with E-state index in [0.29, 0.717) is 13.0 Å². The molecule has 1 atom stereocenters. The number of carbonyl (C=O) groups is 2. The van der Waals surface area contributed by atoms with Crippen molar-refractivity contribution in [2.75, 3.05) is 13.1 Å². The fourth-order valence-corrected chi connectivity index (χ4v) is 1.68. The van der Waals surface area contributed by atoms with Gasteiger partial charge in [-0.05, 0) is 25.0 Å². The van der Waals surface area contributed by atoms with E-state index in [9.17, 15) is 9.59 Å². The predicted octanol–water partition coefficient (Wildman–Crippen LogP) is 1.65. The Balaban J connectivity index is 2.63. The van der Waals surface area contributed by atoms with Crippen molar-refractivity contribution in [3.05, 3.63) is 30.1 Å². The smallest absolute Gasteiger partial charge is 0.323 e. The van der Waals surface area contributed by atoms with Gasteiger partial charge in [0.05, 0.1) is 6.04 Å². The Kier molecular flexibility index (Phi) is 5.78. The van der Waals surface area contributed by atoms with Crippen molar-refractivity contribution in [2.24, 2.45) is 0 Å². The number of aromatic nitrogens is 1.